The lowest BCUT2D eigenvalue weighted by atomic mass is 10.2. The Morgan fingerprint density at radius 2 is 1.72 bits per heavy atom. The maximum absolute atomic E-state index is 13.0. The maximum Gasteiger partial charge on any atom is 0.259 e. The molecule has 0 unspecified atom stereocenters. The molecule has 0 spiro atoms. The van der Waals surface area contributed by atoms with Crippen molar-refractivity contribution in [2.45, 2.75) is 13.8 Å². The van der Waals surface area contributed by atoms with Crippen LogP contribution in [0.25, 0.3) is 5.69 Å². The molecular formula is C21H20Cl2N4O2. The number of aromatic nitrogens is 2. The fraction of sp³-hybridized carbons (Fsp3) is 0.190. The van der Waals surface area contributed by atoms with Gasteiger partial charge in [0.2, 0.25) is 0 Å². The lowest BCUT2D eigenvalue weighted by Crippen LogP contribution is -2.31. The molecule has 3 rings (SSSR count). The fourth-order valence-electron chi connectivity index (χ4n) is 2.89. The smallest absolute Gasteiger partial charge is 0.259 e. The summed E-state index contributed by atoms with van der Waals surface area (Å²) in [5.41, 5.74) is 1.35. The van der Waals surface area contributed by atoms with Crippen LogP contribution >= 0.6 is 23.2 Å². The highest BCUT2D eigenvalue weighted by molar-refractivity contribution is 6.42. The first-order valence-corrected chi connectivity index (χ1v) is 9.91. The van der Waals surface area contributed by atoms with Crippen LogP contribution in [0, 0.1) is 0 Å². The average molecular weight is 431 g/mol. The number of benzene rings is 2. The number of anilines is 1. The van der Waals surface area contributed by atoms with Gasteiger partial charge in [-0.3, -0.25) is 9.59 Å². The van der Waals surface area contributed by atoms with Crippen LogP contribution in [0.5, 0.6) is 0 Å². The van der Waals surface area contributed by atoms with Crippen LogP contribution in [-0.2, 0) is 0 Å². The first-order chi connectivity index (χ1) is 14.0. The third-order valence-corrected chi connectivity index (χ3v) is 5.20. The minimum absolute atomic E-state index is 0.207. The molecule has 150 valence electrons. The summed E-state index contributed by atoms with van der Waals surface area (Å²) in [6, 6.07) is 13.9. The summed E-state index contributed by atoms with van der Waals surface area (Å²) in [5, 5.41) is 7.79. The van der Waals surface area contributed by atoms with Crippen LogP contribution in [0.1, 0.15) is 34.6 Å². The van der Waals surface area contributed by atoms with E-state index in [1.165, 1.54) is 16.9 Å². The predicted molar refractivity (Wildman–Crippen MR) is 115 cm³/mol. The zero-order chi connectivity index (χ0) is 21.0. The minimum Gasteiger partial charge on any atom is -0.339 e. The number of hydrogen-bond acceptors (Lipinski definition) is 3. The number of amides is 2. The number of nitrogens with zero attached hydrogens (tertiary/aromatic N) is 3. The molecule has 3 aromatic rings. The first-order valence-electron chi connectivity index (χ1n) is 9.15. The van der Waals surface area contributed by atoms with E-state index in [0.29, 0.717) is 35.1 Å². The molecule has 0 bridgehead atoms. The standard InChI is InChI=1S/C21H20Cl2N4O2/c1-3-26(4-2)21(29)16-13-24-27(15-8-6-5-7-9-15)19(16)25-20(28)14-10-11-17(22)18(23)12-14/h5-13H,3-4H2,1-2H3,(H,25,28). The molecule has 2 amide bonds. The van der Waals surface area contributed by atoms with Gasteiger partial charge in [0.1, 0.15) is 11.4 Å². The monoisotopic (exact) mass is 430 g/mol. The van der Waals surface area contributed by atoms with E-state index in [9.17, 15) is 9.59 Å². The van der Waals surface area contributed by atoms with Gasteiger partial charge in [0, 0.05) is 18.7 Å². The normalized spacial score (nSPS) is 10.6. The van der Waals surface area contributed by atoms with Crippen molar-refractivity contribution in [3.63, 3.8) is 0 Å². The molecule has 1 aromatic heterocycles. The van der Waals surface area contributed by atoms with Crippen molar-refractivity contribution in [1.82, 2.24) is 14.7 Å². The number of nitrogens with one attached hydrogen (secondary N) is 1. The first kappa shape index (κ1) is 20.9. The Balaban J connectivity index is 2.04. The van der Waals surface area contributed by atoms with Gasteiger partial charge in [-0.2, -0.15) is 5.10 Å². The highest BCUT2D eigenvalue weighted by atomic mass is 35.5. The molecular weight excluding hydrogens is 411 g/mol. The molecule has 2 aromatic carbocycles. The largest absolute Gasteiger partial charge is 0.339 e. The van der Waals surface area contributed by atoms with Crippen LogP contribution in [0.4, 0.5) is 5.82 Å². The molecule has 8 heteroatoms. The van der Waals surface area contributed by atoms with Crippen LogP contribution in [-0.4, -0.2) is 39.6 Å². The molecule has 0 aliphatic carbocycles. The summed E-state index contributed by atoms with van der Waals surface area (Å²) in [5.74, 6) is -0.333. The fourth-order valence-corrected chi connectivity index (χ4v) is 3.19. The van der Waals surface area contributed by atoms with Crippen molar-refractivity contribution in [2.24, 2.45) is 0 Å². The Hall–Kier alpha value is -2.83. The maximum atomic E-state index is 13.0. The average Bonchev–Trinajstić information content (AvgIpc) is 3.14. The van der Waals surface area contributed by atoms with Crippen LogP contribution in [0.2, 0.25) is 10.0 Å². The van der Waals surface area contributed by atoms with Gasteiger partial charge in [0.25, 0.3) is 11.8 Å². The molecule has 1 heterocycles. The van der Waals surface area contributed by atoms with Gasteiger partial charge < -0.3 is 10.2 Å². The molecule has 0 fully saturated rings. The Morgan fingerprint density at radius 3 is 2.34 bits per heavy atom. The zero-order valence-electron chi connectivity index (χ0n) is 16.0. The van der Waals surface area contributed by atoms with Gasteiger partial charge in [-0.1, -0.05) is 41.4 Å². The number of carbonyl (C=O) groups is 2. The summed E-state index contributed by atoms with van der Waals surface area (Å²) in [6.07, 6.45) is 1.47. The Morgan fingerprint density at radius 1 is 1.03 bits per heavy atom. The van der Waals surface area contributed by atoms with Crippen LogP contribution in [0.15, 0.2) is 54.7 Å². The number of hydrogen-bond donors (Lipinski definition) is 1. The molecule has 0 saturated heterocycles. The van der Waals surface area contributed by atoms with Gasteiger partial charge in [-0.05, 0) is 44.2 Å². The van der Waals surface area contributed by atoms with Gasteiger partial charge in [-0.15, -0.1) is 0 Å². The molecule has 0 aliphatic heterocycles. The summed E-state index contributed by atoms with van der Waals surface area (Å²) in [6.45, 7) is 4.89. The van der Waals surface area contributed by atoms with E-state index in [-0.39, 0.29) is 10.9 Å². The molecule has 6 nitrogen and oxygen atoms in total. The summed E-state index contributed by atoms with van der Waals surface area (Å²) < 4.78 is 1.53. The zero-order valence-corrected chi connectivity index (χ0v) is 17.5. The van der Waals surface area contributed by atoms with Crippen molar-refractivity contribution in [2.75, 3.05) is 18.4 Å². The van der Waals surface area contributed by atoms with Crippen molar-refractivity contribution in [1.29, 1.82) is 0 Å². The van der Waals surface area contributed by atoms with E-state index in [2.05, 4.69) is 10.4 Å². The number of carbonyl (C=O) groups excluding carboxylic acids is 2. The van der Waals surface area contributed by atoms with Gasteiger partial charge in [0.05, 0.1) is 21.9 Å². The van der Waals surface area contributed by atoms with Gasteiger partial charge in [-0.25, -0.2) is 4.68 Å². The minimum atomic E-state index is -0.421. The Labute approximate surface area is 179 Å². The van der Waals surface area contributed by atoms with E-state index in [1.54, 1.807) is 17.0 Å². The second-order valence-corrected chi connectivity index (χ2v) is 7.03. The summed E-state index contributed by atoms with van der Waals surface area (Å²) in [7, 11) is 0. The lowest BCUT2D eigenvalue weighted by Gasteiger charge is -2.19. The van der Waals surface area contributed by atoms with Crippen molar-refractivity contribution in [3.05, 3.63) is 75.9 Å². The summed E-state index contributed by atoms with van der Waals surface area (Å²) >= 11 is 12.0. The van der Waals surface area contributed by atoms with Crippen molar-refractivity contribution < 1.29 is 9.59 Å². The van der Waals surface area contributed by atoms with E-state index in [0.717, 1.165) is 5.69 Å². The second kappa shape index (κ2) is 9.11. The number of para-hydroxylation sites is 1. The highest BCUT2D eigenvalue weighted by Gasteiger charge is 2.24. The Kier molecular flexibility index (Phi) is 6.56. The van der Waals surface area contributed by atoms with Crippen LogP contribution < -0.4 is 5.32 Å². The SMILES string of the molecule is CCN(CC)C(=O)c1cnn(-c2ccccc2)c1NC(=O)c1ccc(Cl)c(Cl)c1. The number of halogens is 2. The quantitative estimate of drug-likeness (QED) is 0.603. The van der Waals surface area contributed by atoms with E-state index in [1.807, 2.05) is 44.2 Å². The van der Waals surface area contributed by atoms with Gasteiger partial charge >= 0.3 is 0 Å². The lowest BCUT2D eigenvalue weighted by molar-refractivity contribution is 0.0774. The molecule has 0 saturated carbocycles. The third kappa shape index (κ3) is 4.44. The molecule has 0 radical (unpaired) electrons. The van der Waals surface area contributed by atoms with Crippen molar-refractivity contribution in [3.8, 4) is 5.69 Å². The van der Waals surface area contributed by atoms with E-state index >= 15 is 0 Å². The van der Waals surface area contributed by atoms with Crippen molar-refractivity contribution >= 4 is 40.8 Å². The molecule has 0 aliphatic rings. The predicted octanol–water partition coefficient (Wildman–Crippen LogP) is 4.91. The Bertz CT molecular complexity index is 1030. The summed E-state index contributed by atoms with van der Waals surface area (Å²) in [4.78, 5) is 27.5. The number of rotatable bonds is 6. The second-order valence-electron chi connectivity index (χ2n) is 6.21. The molecule has 0 atom stereocenters. The van der Waals surface area contributed by atoms with Crippen LogP contribution in [0.3, 0.4) is 0 Å². The van der Waals surface area contributed by atoms with Gasteiger partial charge in [0.15, 0.2) is 0 Å². The topological polar surface area (TPSA) is 67.2 Å². The highest BCUT2D eigenvalue weighted by Crippen LogP contribution is 2.25. The third-order valence-electron chi connectivity index (χ3n) is 4.46. The van der Waals surface area contributed by atoms with E-state index < -0.39 is 5.91 Å². The van der Waals surface area contributed by atoms with E-state index in [4.69, 9.17) is 23.2 Å². The molecule has 1 N–H and O–H groups in total. The molecule has 29 heavy (non-hydrogen) atoms.